The minimum atomic E-state index is -0.671. The third-order valence-electron chi connectivity index (χ3n) is 2.20. The van der Waals surface area contributed by atoms with Gasteiger partial charge in [0.2, 0.25) is 5.91 Å². The Bertz CT molecular complexity index is 187. The van der Waals surface area contributed by atoms with Crippen molar-refractivity contribution in [2.45, 2.75) is 12.5 Å². The molecule has 1 aliphatic rings. The van der Waals surface area contributed by atoms with Gasteiger partial charge in [0.05, 0.1) is 6.54 Å². The molecule has 0 atom stereocenters. The molecule has 4 heteroatoms. The summed E-state index contributed by atoms with van der Waals surface area (Å²) >= 11 is 0. The number of hydrogen-bond donors (Lipinski definition) is 1. The zero-order chi connectivity index (χ0) is 9.35. The lowest BCUT2D eigenvalue weighted by molar-refractivity contribution is -0.138. The molecule has 0 bridgehead atoms. The Hall–Kier alpha value is -0.610. The molecule has 0 aromatic rings. The molecule has 1 amide bonds. The molecule has 0 spiro atoms. The van der Waals surface area contributed by atoms with Crippen LogP contribution in [-0.2, 0) is 4.79 Å². The number of rotatable bonds is 2. The van der Waals surface area contributed by atoms with E-state index in [1.165, 1.54) is 6.92 Å². The van der Waals surface area contributed by atoms with E-state index in [2.05, 4.69) is 0 Å². The van der Waals surface area contributed by atoms with E-state index in [9.17, 15) is 9.90 Å². The molecule has 1 N–H and O–H groups in total. The van der Waals surface area contributed by atoms with Crippen molar-refractivity contribution >= 4 is 5.91 Å². The molecule has 12 heavy (non-hydrogen) atoms. The zero-order valence-corrected chi connectivity index (χ0v) is 7.87. The van der Waals surface area contributed by atoms with Crippen molar-refractivity contribution in [2.24, 2.45) is 0 Å². The summed E-state index contributed by atoms with van der Waals surface area (Å²) in [6.45, 7) is 3.26. The second-order valence-electron chi connectivity index (χ2n) is 3.77. The first-order valence-corrected chi connectivity index (χ1v) is 4.06. The van der Waals surface area contributed by atoms with Crippen LogP contribution in [0.15, 0.2) is 0 Å². The fraction of sp³-hybridized carbons (Fsp3) is 0.875. The predicted molar refractivity (Wildman–Crippen MR) is 45.8 cm³/mol. The summed E-state index contributed by atoms with van der Waals surface area (Å²) in [6, 6.07) is 0. The number of hydrogen-bond acceptors (Lipinski definition) is 3. The van der Waals surface area contributed by atoms with Crippen LogP contribution in [0.25, 0.3) is 0 Å². The second-order valence-corrected chi connectivity index (χ2v) is 3.77. The van der Waals surface area contributed by atoms with Crippen molar-refractivity contribution in [1.82, 2.24) is 9.80 Å². The lowest BCUT2D eigenvalue weighted by Crippen LogP contribution is -2.64. The number of carbonyl (C=O) groups excluding carboxylic acids is 1. The highest BCUT2D eigenvalue weighted by Crippen LogP contribution is 2.19. The quantitative estimate of drug-likeness (QED) is 0.589. The van der Waals surface area contributed by atoms with Crippen molar-refractivity contribution in [3.63, 3.8) is 0 Å². The number of aliphatic hydroxyl groups is 1. The summed E-state index contributed by atoms with van der Waals surface area (Å²) in [7, 11) is 3.65. The maximum absolute atomic E-state index is 10.8. The molecule has 1 fully saturated rings. The summed E-state index contributed by atoms with van der Waals surface area (Å²) < 4.78 is 0. The summed E-state index contributed by atoms with van der Waals surface area (Å²) in [4.78, 5) is 14.4. The van der Waals surface area contributed by atoms with Gasteiger partial charge in [0.15, 0.2) is 0 Å². The number of likely N-dealkylation sites (N-methyl/N-ethyl adjacent to an activating group) is 2. The third-order valence-corrected chi connectivity index (χ3v) is 2.20. The van der Waals surface area contributed by atoms with E-state index in [0.717, 1.165) is 0 Å². The van der Waals surface area contributed by atoms with Gasteiger partial charge >= 0.3 is 0 Å². The van der Waals surface area contributed by atoms with Gasteiger partial charge in [0.25, 0.3) is 0 Å². The molecule has 70 valence electrons. The molecule has 1 heterocycles. The van der Waals surface area contributed by atoms with Crippen molar-refractivity contribution in [2.75, 3.05) is 33.7 Å². The average Bonchev–Trinajstić information content (AvgIpc) is 1.83. The number of nitrogens with zero attached hydrogens (tertiary/aromatic N) is 2. The third kappa shape index (κ3) is 1.95. The minimum absolute atomic E-state index is 0.00187. The number of β-amino-alcohol motifs (C(OH)–C–C–N with tert-alkyl or cyclic N) is 1. The predicted octanol–water partition coefficient (Wildman–Crippen LogP) is -0.859. The fourth-order valence-corrected chi connectivity index (χ4v) is 1.61. The Morgan fingerprint density at radius 1 is 1.67 bits per heavy atom. The molecule has 0 radical (unpaired) electrons. The van der Waals surface area contributed by atoms with Gasteiger partial charge in [-0.05, 0) is 7.05 Å². The van der Waals surface area contributed by atoms with Gasteiger partial charge in [-0.3, -0.25) is 4.79 Å². The first-order valence-electron chi connectivity index (χ1n) is 4.06. The van der Waals surface area contributed by atoms with E-state index < -0.39 is 5.60 Å². The van der Waals surface area contributed by atoms with Gasteiger partial charge in [-0.25, -0.2) is 0 Å². The standard InChI is InChI=1S/C8H16N2O2/c1-7(11)10(3)6-8(12)4-9(2)5-8/h12H,4-6H2,1-3H3. The molecule has 1 aliphatic heterocycles. The normalized spacial score (nSPS) is 21.7. The van der Waals surface area contributed by atoms with E-state index in [-0.39, 0.29) is 5.91 Å². The van der Waals surface area contributed by atoms with E-state index in [1.807, 2.05) is 11.9 Å². The second kappa shape index (κ2) is 3.03. The molecular formula is C8H16N2O2. The lowest BCUT2D eigenvalue weighted by atomic mass is 9.94. The Balaban J connectivity index is 2.36. The van der Waals surface area contributed by atoms with Crippen LogP contribution in [0, 0.1) is 0 Å². The molecule has 1 saturated heterocycles. The number of likely N-dealkylation sites (tertiary alicyclic amines) is 1. The van der Waals surface area contributed by atoms with Gasteiger partial charge in [-0.2, -0.15) is 0 Å². The minimum Gasteiger partial charge on any atom is -0.385 e. The highest BCUT2D eigenvalue weighted by Gasteiger charge is 2.40. The van der Waals surface area contributed by atoms with Crippen LogP contribution in [0.1, 0.15) is 6.92 Å². The summed E-state index contributed by atoms with van der Waals surface area (Å²) in [5.74, 6) is -0.00187. The van der Waals surface area contributed by atoms with E-state index in [1.54, 1.807) is 11.9 Å². The smallest absolute Gasteiger partial charge is 0.219 e. The van der Waals surface area contributed by atoms with Gasteiger partial charge in [-0.15, -0.1) is 0 Å². The number of carbonyl (C=O) groups is 1. The number of amides is 1. The van der Waals surface area contributed by atoms with Gasteiger partial charge in [-0.1, -0.05) is 0 Å². The summed E-state index contributed by atoms with van der Waals surface area (Å²) in [5, 5.41) is 9.76. The van der Waals surface area contributed by atoms with Crippen LogP contribution in [0.2, 0.25) is 0 Å². The average molecular weight is 172 g/mol. The van der Waals surface area contributed by atoms with Crippen LogP contribution in [0.4, 0.5) is 0 Å². The van der Waals surface area contributed by atoms with E-state index in [0.29, 0.717) is 19.6 Å². The highest BCUT2D eigenvalue weighted by atomic mass is 16.3. The Kier molecular flexibility index (Phi) is 2.39. The Morgan fingerprint density at radius 2 is 2.17 bits per heavy atom. The van der Waals surface area contributed by atoms with Crippen LogP contribution < -0.4 is 0 Å². The van der Waals surface area contributed by atoms with Crippen LogP contribution in [-0.4, -0.2) is 60.1 Å². The van der Waals surface area contributed by atoms with E-state index >= 15 is 0 Å². The van der Waals surface area contributed by atoms with Crippen LogP contribution in [0.5, 0.6) is 0 Å². The summed E-state index contributed by atoms with van der Waals surface area (Å²) in [5.41, 5.74) is -0.671. The molecule has 0 saturated carbocycles. The Labute approximate surface area is 72.8 Å². The van der Waals surface area contributed by atoms with Crippen molar-refractivity contribution in [1.29, 1.82) is 0 Å². The highest BCUT2D eigenvalue weighted by molar-refractivity contribution is 5.72. The molecule has 1 rings (SSSR count). The monoisotopic (exact) mass is 172 g/mol. The van der Waals surface area contributed by atoms with Gasteiger partial charge in [0, 0.05) is 27.1 Å². The van der Waals surface area contributed by atoms with Crippen molar-refractivity contribution in [3.8, 4) is 0 Å². The van der Waals surface area contributed by atoms with Crippen LogP contribution >= 0.6 is 0 Å². The molecule has 0 aliphatic carbocycles. The van der Waals surface area contributed by atoms with Gasteiger partial charge < -0.3 is 14.9 Å². The molecule has 0 unspecified atom stereocenters. The fourth-order valence-electron chi connectivity index (χ4n) is 1.61. The molecule has 4 nitrogen and oxygen atoms in total. The molecular weight excluding hydrogens is 156 g/mol. The van der Waals surface area contributed by atoms with E-state index in [4.69, 9.17) is 0 Å². The molecule has 0 aromatic carbocycles. The topological polar surface area (TPSA) is 43.8 Å². The first kappa shape index (κ1) is 9.48. The van der Waals surface area contributed by atoms with Crippen molar-refractivity contribution < 1.29 is 9.90 Å². The van der Waals surface area contributed by atoms with Crippen molar-refractivity contribution in [3.05, 3.63) is 0 Å². The van der Waals surface area contributed by atoms with Crippen LogP contribution in [0.3, 0.4) is 0 Å². The maximum atomic E-state index is 10.8. The molecule has 0 aromatic heterocycles. The maximum Gasteiger partial charge on any atom is 0.219 e. The SMILES string of the molecule is CC(=O)N(C)CC1(O)CN(C)C1. The summed E-state index contributed by atoms with van der Waals surface area (Å²) in [6.07, 6.45) is 0. The largest absolute Gasteiger partial charge is 0.385 e. The van der Waals surface area contributed by atoms with Gasteiger partial charge in [0.1, 0.15) is 5.60 Å². The lowest BCUT2D eigenvalue weighted by Gasteiger charge is -2.46. The Morgan fingerprint density at radius 3 is 2.50 bits per heavy atom. The zero-order valence-electron chi connectivity index (χ0n) is 7.87. The first-order chi connectivity index (χ1) is 5.43.